The Kier molecular flexibility index (Phi) is 5.95. The summed E-state index contributed by atoms with van der Waals surface area (Å²) < 4.78 is 1.88. The van der Waals surface area contributed by atoms with Gasteiger partial charge < -0.3 is 9.80 Å². The minimum absolute atomic E-state index is 0.184. The Labute approximate surface area is 179 Å². The van der Waals surface area contributed by atoms with Gasteiger partial charge in [0.2, 0.25) is 5.91 Å². The maximum atomic E-state index is 12.8. The first-order valence-electron chi connectivity index (χ1n) is 10.2. The zero-order valence-corrected chi connectivity index (χ0v) is 18.2. The average molecular weight is 424 g/mol. The molecule has 0 N–H and O–H groups in total. The smallest absolute Gasteiger partial charge is 0.223 e. The Balaban J connectivity index is 1.32. The molecule has 0 radical (unpaired) electrons. The summed E-state index contributed by atoms with van der Waals surface area (Å²) in [6.45, 7) is 7.58. The molecule has 0 saturated carbocycles. The average Bonchev–Trinajstić information content (AvgIpc) is 3.31. The van der Waals surface area contributed by atoms with Gasteiger partial charge in [-0.05, 0) is 38.0 Å². The third-order valence-corrected chi connectivity index (χ3v) is 6.65. The van der Waals surface area contributed by atoms with Crippen molar-refractivity contribution >= 4 is 32.7 Å². The van der Waals surface area contributed by atoms with Crippen LogP contribution in [0.25, 0.3) is 10.3 Å². The number of fused-ring (bicyclic) bond motifs is 1. The van der Waals surface area contributed by atoms with E-state index >= 15 is 0 Å². The molecule has 0 bridgehead atoms. The molecular weight excluding hydrogens is 398 g/mol. The fraction of sp³-hybridized carbons (Fsp3) is 0.476. The van der Waals surface area contributed by atoms with E-state index in [9.17, 15) is 4.79 Å². The van der Waals surface area contributed by atoms with Crippen molar-refractivity contribution in [2.24, 2.45) is 0 Å². The zero-order chi connectivity index (χ0) is 21.1. The molecular formula is C21H25N7OS. The number of piperazine rings is 1. The monoisotopic (exact) mass is 423 g/mol. The minimum atomic E-state index is 0.184. The Bertz CT molecular complexity index is 1060. The number of pyridine rings is 1. The molecule has 3 aromatic rings. The van der Waals surface area contributed by atoms with Crippen LogP contribution < -0.4 is 4.90 Å². The van der Waals surface area contributed by atoms with Crippen LogP contribution >= 0.6 is 11.3 Å². The van der Waals surface area contributed by atoms with Gasteiger partial charge >= 0.3 is 0 Å². The lowest BCUT2D eigenvalue weighted by Gasteiger charge is -2.34. The number of rotatable bonds is 6. The molecule has 8 nitrogen and oxygen atoms in total. The highest BCUT2D eigenvalue weighted by molar-refractivity contribution is 7.21. The van der Waals surface area contributed by atoms with E-state index in [1.807, 2.05) is 35.6 Å². The lowest BCUT2D eigenvalue weighted by atomic mass is 10.1. The molecule has 1 saturated heterocycles. The number of thiazole rings is 1. The van der Waals surface area contributed by atoms with Gasteiger partial charge in [-0.2, -0.15) is 10.4 Å². The van der Waals surface area contributed by atoms with Crippen LogP contribution in [0.3, 0.4) is 0 Å². The Morgan fingerprint density at radius 3 is 2.80 bits per heavy atom. The Morgan fingerprint density at radius 2 is 2.07 bits per heavy atom. The summed E-state index contributed by atoms with van der Waals surface area (Å²) in [6, 6.07) is 6.04. The van der Waals surface area contributed by atoms with Gasteiger partial charge in [-0.3, -0.25) is 9.48 Å². The number of nitrogens with zero attached hydrogens (tertiary/aromatic N) is 7. The topological polar surface area (TPSA) is 90.9 Å². The van der Waals surface area contributed by atoms with E-state index in [4.69, 9.17) is 5.26 Å². The van der Waals surface area contributed by atoms with E-state index in [0.29, 0.717) is 38.9 Å². The maximum absolute atomic E-state index is 12.8. The number of nitriles is 1. The van der Waals surface area contributed by atoms with Crippen molar-refractivity contribution in [2.75, 3.05) is 31.1 Å². The predicted molar refractivity (Wildman–Crippen MR) is 116 cm³/mol. The van der Waals surface area contributed by atoms with Gasteiger partial charge in [0.05, 0.1) is 24.7 Å². The number of carbonyl (C=O) groups is 1. The molecule has 156 valence electrons. The molecule has 3 aromatic heterocycles. The van der Waals surface area contributed by atoms with Crippen LogP contribution in [-0.4, -0.2) is 56.7 Å². The largest absolute Gasteiger partial charge is 0.344 e. The van der Waals surface area contributed by atoms with Gasteiger partial charge in [0.1, 0.15) is 10.3 Å². The van der Waals surface area contributed by atoms with Crippen molar-refractivity contribution in [1.82, 2.24) is 24.6 Å². The van der Waals surface area contributed by atoms with E-state index in [-0.39, 0.29) is 5.91 Å². The van der Waals surface area contributed by atoms with E-state index in [1.54, 1.807) is 17.5 Å². The SMILES string of the molecule is Cc1nn(CCC#N)c(C)c1CCC(=O)N1CCN(c2nc3cccnc3s2)CC1. The van der Waals surface area contributed by atoms with Crippen molar-refractivity contribution in [3.8, 4) is 6.07 Å². The molecule has 1 fully saturated rings. The maximum Gasteiger partial charge on any atom is 0.223 e. The van der Waals surface area contributed by atoms with Crippen molar-refractivity contribution < 1.29 is 4.79 Å². The van der Waals surface area contributed by atoms with Crippen LogP contribution in [0.4, 0.5) is 5.13 Å². The number of carbonyl (C=O) groups excluding carboxylic acids is 1. The van der Waals surface area contributed by atoms with E-state index in [0.717, 1.165) is 45.5 Å². The second-order valence-electron chi connectivity index (χ2n) is 7.47. The lowest BCUT2D eigenvalue weighted by molar-refractivity contribution is -0.131. The first-order valence-corrected chi connectivity index (χ1v) is 11.0. The molecule has 4 rings (SSSR count). The summed E-state index contributed by atoms with van der Waals surface area (Å²) in [7, 11) is 0. The van der Waals surface area contributed by atoms with Gasteiger partial charge in [-0.15, -0.1) is 0 Å². The summed E-state index contributed by atoms with van der Waals surface area (Å²) in [5, 5.41) is 14.3. The number of hydrogen-bond acceptors (Lipinski definition) is 7. The summed E-state index contributed by atoms with van der Waals surface area (Å²) in [5.74, 6) is 0.184. The van der Waals surface area contributed by atoms with E-state index < -0.39 is 0 Å². The highest BCUT2D eigenvalue weighted by Gasteiger charge is 2.23. The molecule has 0 aliphatic carbocycles. The molecule has 1 amide bonds. The third-order valence-electron chi connectivity index (χ3n) is 5.61. The molecule has 30 heavy (non-hydrogen) atoms. The molecule has 0 aromatic carbocycles. The minimum Gasteiger partial charge on any atom is -0.344 e. The first kappa shape index (κ1) is 20.3. The fourth-order valence-corrected chi connectivity index (χ4v) is 4.86. The fourth-order valence-electron chi connectivity index (χ4n) is 3.90. The first-order chi connectivity index (χ1) is 14.6. The number of hydrogen-bond donors (Lipinski definition) is 0. The van der Waals surface area contributed by atoms with E-state index in [1.165, 1.54) is 0 Å². The number of anilines is 1. The molecule has 0 unspecified atom stereocenters. The van der Waals surface area contributed by atoms with Crippen LogP contribution in [0.15, 0.2) is 18.3 Å². The van der Waals surface area contributed by atoms with Gasteiger partial charge in [0, 0.05) is 44.5 Å². The van der Waals surface area contributed by atoms with Crippen LogP contribution in [0, 0.1) is 25.2 Å². The summed E-state index contributed by atoms with van der Waals surface area (Å²) >= 11 is 1.60. The predicted octanol–water partition coefficient (Wildman–Crippen LogP) is 2.70. The summed E-state index contributed by atoms with van der Waals surface area (Å²) in [5.41, 5.74) is 4.07. The van der Waals surface area contributed by atoms with Crippen LogP contribution in [0.2, 0.25) is 0 Å². The van der Waals surface area contributed by atoms with Crippen molar-refractivity contribution in [3.63, 3.8) is 0 Å². The molecule has 0 spiro atoms. The van der Waals surface area contributed by atoms with Crippen LogP contribution in [-0.2, 0) is 17.8 Å². The third kappa shape index (κ3) is 4.14. The number of aryl methyl sites for hydroxylation is 2. The second kappa shape index (κ2) is 8.79. The lowest BCUT2D eigenvalue weighted by Crippen LogP contribution is -2.48. The van der Waals surface area contributed by atoms with Crippen molar-refractivity contribution in [3.05, 3.63) is 35.3 Å². The summed E-state index contributed by atoms with van der Waals surface area (Å²) in [4.78, 5) is 27.0. The molecule has 9 heteroatoms. The number of aromatic nitrogens is 4. The second-order valence-corrected chi connectivity index (χ2v) is 8.43. The highest BCUT2D eigenvalue weighted by Crippen LogP contribution is 2.27. The molecule has 0 atom stereocenters. The Hall–Kier alpha value is -2.99. The van der Waals surface area contributed by atoms with E-state index in [2.05, 4.69) is 26.0 Å². The molecule has 1 aliphatic heterocycles. The Morgan fingerprint density at radius 1 is 1.27 bits per heavy atom. The van der Waals surface area contributed by atoms with Crippen molar-refractivity contribution in [1.29, 1.82) is 5.26 Å². The van der Waals surface area contributed by atoms with Crippen LogP contribution in [0.5, 0.6) is 0 Å². The van der Waals surface area contributed by atoms with Gasteiger partial charge in [-0.1, -0.05) is 11.3 Å². The van der Waals surface area contributed by atoms with Gasteiger partial charge in [-0.25, -0.2) is 9.97 Å². The molecule has 1 aliphatic rings. The highest BCUT2D eigenvalue weighted by atomic mass is 32.1. The summed E-state index contributed by atoms with van der Waals surface area (Å²) in [6.07, 6.45) is 3.40. The number of amides is 1. The quantitative estimate of drug-likeness (QED) is 0.605. The van der Waals surface area contributed by atoms with Gasteiger partial charge in [0.25, 0.3) is 0 Å². The normalized spacial score (nSPS) is 14.3. The van der Waals surface area contributed by atoms with Crippen LogP contribution in [0.1, 0.15) is 29.8 Å². The molecule has 4 heterocycles. The van der Waals surface area contributed by atoms with Crippen molar-refractivity contribution in [2.45, 2.75) is 39.7 Å². The zero-order valence-electron chi connectivity index (χ0n) is 17.3. The van der Waals surface area contributed by atoms with Gasteiger partial charge in [0.15, 0.2) is 5.13 Å². The standard InChI is InChI=1S/C21H25N7OS/c1-15-17(16(2)28(25-15)10-4-8-22)6-7-19(29)26-11-13-27(14-12-26)21-24-18-5-3-9-23-20(18)30-21/h3,5,9H,4,6-7,10-14H2,1-2H3.